The van der Waals surface area contributed by atoms with Crippen LogP contribution < -0.4 is 67.0 Å². The molecule has 20 heteroatoms. The van der Waals surface area contributed by atoms with Crippen LogP contribution in [-0.4, -0.2) is 102 Å². The highest BCUT2D eigenvalue weighted by Crippen LogP contribution is 2.64. The van der Waals surface area contributed by atoms with Crippen LogP contribution in [0.2, 0.25) is 0 Å². The van der Waals surface area contributed by atoms with Crippen LogP contribution in [0.1, 0.15) is 112 Å². The van der Waals surface area contributed by atoms with Crippen molar-refractivity contribution in [3.63, 3.8) is 0 Å². The molecule has 1 N–H and O–H groups in total. The molecule has 16 aromatic carbocycles. The summed E-state index contributed by atoms with van der Waals surface area (Å²) in [6, 6.07) is 126. The van der Waals surface area contributed by atoms with Gasteiger partial charge in [-0.2, -0.15) is 10.2 Å². The number of ether oxygens (including phenoxy) is 11. The first-order chi connectivity index (χ1) is 71.5. The predicted molar refractivity (Wildman–Crippen MR) is 588 cm³/mol. The summed E-state index contributed by atoms with van der Waals surface area (Å²) in [6.07, 6.45) is 2.47. The summed E-state index contributed by atoms with van der Waals surface area (Å²) in [4.78, 5) is 8.99. The number of aromatic nitrogens is 4. The maximum Gasteiger partial charge on any atom is 0.150 e. The van der Waals surface area contributed by atoms with E-state index in [0.717, 1.165) is 246 Å². The van der Waals surface area contributed by atoms with Gasteiger partial charge in [0, 0.05) is 114 Å². The topological polar surface area (TPSA) is 170 Å². The molecule has 0 bridgehead atoms. The Balaban J connectivity index is 0.000000173. The molecule has 147 heavy (non-hydrogen) atoms. The van der Waals surface area contributed by atoms with Crippen molar-refractivity contribution in [2.24, 2.45) is 0 Å². The molecule has 0 radical (unpaired) electrons. The summed E-state index contributed by atoms with van der Waals surface area (Å²) in [6.45, 7) is 14.1. The monoisotopic (exact) mass is 1950 g/mol. The zero-order chi connectivity index (χ0) is 102. The number of benzene rings is 16. The van der Waals surface area contributed by atoms with Crippen molar-refractivity contribution in [3.8, 4) is 125 Å². The molecule has 20 nitrogen and oxygen atoms in total. The van der Waals surface area contributed by atoms with Crippen LogP contribution in [0.25, 0.3) is 67.3 Å². The highest BCUT2D eigenvalue weighted by Gasteiger charge is 2.55. The minimum absolute atomic E-state index is 0.137. The van der Waals surface area contributed by atoms with Crippen LogP contribution in [0.4, 0.5) is 68.2 Å². The highest BCUT2D eigenvalue weighted by molar-refractivity contribution is 5.96. The van der Waals surface area contributed by atoms with Gasteiger partial charge in [0.05, 0.1) is 93.9 Å². The lowest BCUT2D eigenvalue weighted by Gasteiger charge is -2.34. The van der Waals surface area contributed by atoms with E-state index in [1.165, 1.54) is 11.1 Å². The van der Waals surface area contributed by atoms with Gasteiger partial charge < -0.3 is 76.8 Å². The number of hydrogen-bond acceptors (Lipinski definition) is 18. The summed E-state index contributed by atoms with van der Waals surface area (Å²) >= 11 is 0. The number of methoxy groups -OCH3 is 10. The van der Waals surface area contributed by atoms with Crippen LogP contribution >= 0.6 is 0 Å². The molecule has 22 rings (SSSR count). The van der Waals surface area contributed by atoms with Gasteiger partial charge >= 0.3 is 0 Å². The minimum Gasteiger partial charge on any atom is -0.497 e. The largest absolute Gasteiger partial charge is 0.497 e. The Labute approximate surface area is 859 Å². The minimum atomic E-state index is -1.76. The van der Waals surface area contributed by atoms with Gasteiger partial charge in [-0.1, -0.05) is 102 Å². The molecule has 738 valence electrons. The third kappa shape index (κ3) is 17.7. The summed E-state index contributed by atoms with van der Waals surface area (Å²) in [5, 5.41) is 26.0. The van der Waals surface area contributed by atoms with Crippen molar-refractivity contribution in [1.82, 2.24) is 19.6 Å². The molecule has 2 aliphatic heterocycles. The third-order valence-electron chi connectivity index (χ3n) is 28.9. The number of rotatable bonds is 27. The standard InChI is InChI=1S/C66H64N4O7.C61H54N4O5/c1-65(2,3)44-14-35-58(63-42-62(43-12-25-51(72-4)26-13-43)67-70(63)64-11-9-10-38-77-64)59(39-44)66(71)60-40-49(68(45-15-27-52(73-5)28-16-45)46-17-29-53(74-6)30-18-46)23-36-56(60)57-37-24-50(41-61(57)66)69(47-19-31-54(75-7)32-20-47)48-21-33-55(76-8)34-22-48;1-60(2,3)40-11-32-54-55(35-40)61(65-59(54)38-58(62-65)39-9-22-47(66-4)23-10-39)56-36-45(63(41-12-24-48(67-5)25-13-41)42-14-26-49(68-6)27-15-42)20-33-52(56)53-34-21-46(37-57(53)61)64(43-16-28-50(69-7)29-17-43)44-18-30-51(70-8)31-19-44/h12-37,39-42,64,71H,9-11,38H2,1-8H3;9-38H,1-8H3. The van der Waals surface area contributed by atoms with Gasteiger partial charge in [-0.05, 0) is 383 Å². The van der Waals surface area contributed by atoms with Crippen LogP contribution in [-0.2, 0) is 26.7 Å². The van der Waals surface area contributed by atoms with Gasteiger partial charge in [0.1, 0.15) is 68.6 Å². The first kappa shape index (κ1) is 96.2. The second kappa shape index (κ2) is 39.6. The lowest BCUT2D eigenvalue weighted by molar-refractivity contribution is -0.0382. The van der Waals surface area contributed by atoms with Crippen molar-refractivity contribution in [2.75, 3.05) is 97.3 Å². The van der Waals surface area contributed by atoms with E-state index in [1.54, 1.807) is 71.1 Å². The molecular weight excluding hydrogens is 1830 g/mol. The van der Waals surface area contributed by atoms with Crippen molar-refractivity contribution in [3.05, 3.63) is 408 Å². The fraction of sp³-hybridized carbons (Fsp3) is 0.197. The van der Waals surface area contributed by atoms with Crippen LogP contribution in [0.5, 0.6) is 57.5 Å². The van der Waals surface area contributed by atoms with Crippen molar-refractivity contribution >= 4 is 68.2 Å². The Bertz CT molecular complexity index is 7340. The predicted octanol–water partition coefficient (Wildman–Crippen LogP) is 30.1. The van der Waals surface area contributed by atoms with E-state index in [1.807, 2.05) is 138 Å². The van der Waals surface area contributed by atoms with E-state index in [-0.39, 0.29) is 17.1 Å². The van der Waals surface area contributed by atoms with E-state index in [9.17, 15) is 5.11 Å². The highest BCUT2D eigenvalue weighted by atomic mass is 16.5. The Morgan fingerprint density at radius 2 is 0.503 bits per heavy atom. The fourth-order valence-electron chi connectivity index (χ4n) is 21.1. The van der Waals surface area contributed by atoms with Gasteiger partial charge in [-0.15, -0.1) is 0 Å². The van der Waals surface area contributed by atoms with Crippen molar-refractivity contribution in [2.45, 2.75) is 89.0 Å². The number of anilines is 12. The summed E-state index contributed by atoms with van der Waals surface area (Å²) < 4.78 is 67.1. The molecular formula is C127H118N8O12. The van der Waals surface area contributed by atoms with E-state index >= 15 is 0 Å². The molecule has 1 spiro atoms. The van der Waals surface area contributed by atoms with E-state index in [4.69, 9.17) is 62.3 Å². The van der Waals surface area contributed by atoms with E-state index < -0.39 is 11.1 Å². The molecule has 1 fully saturated rings. The molecule has 0 saturated carbocycles. The van der Waals surface area contributed by atoms with Gasteiger partial charge in [0.25, 0.3) is 0 Å². The third-order valence-corrected chi connectivity index (χ3v) is 28.9. The molecule has 2 aromatic heterocycles. The van der Waals surface area contributed by atoms with Crippen LogP contribution in [0.3, 0.4) is 0 Å². The first-order valence-electron chi connectivity index (χ1n) is 49.5. The average molecular weight is 1950 g/mol. The SMILES string of the molecule is COc1ccc(-c2cc(-c3ccc(C(C)(C)C)cc3C3(O)c4cc(N(c5ccc(OC)cc5)c5ccc(OC)cc5)ccc4-c4ccc(N(c5ccc(OC)cc5)c5ccc(OC)cc5)cc43)n(C3CCCCO3)n2)cc1.COc1ccc(-c2cc3n(n2)C2(c4cc(N(c5ccc(OC)cc5)c5ccc(OC)cc5)ccc4-c4ccc(N(c5ccc(OC)cc5)c5ccc(OC)cc5)cc42)c2cc(C(C)(C)C)ccc2-3)cc1. The lowest BCUT2D eigenvalue weighted by Crippen LogP contribution is -2.34. The molecule has 1 saturated heterocycles. The molecule has 0 amide bonds. The van der Waals surface area contributed by atoms with E-state index in [0.29, 0.717) is 6.61 Å². The Kier molecular flexibility index (Phi) is 25.9. The molecule has 1 atom stereocenters. The Morgan fingerprint density at radius 3 is 0.789 bits per heavy atom. The van der Waals surface area contributed by atoms with Crippen molar-refractivity contribution < 1.29 is 57.2 Å². The molecule has 4 heterocycles. The molecule has 4 aliphatic rings. The first-order valence-corrected chi connectivity index (χ1v) is 49.5. The van der Waals surface area contributed by atoms with Gasteiger partial charge in [-0.3, -0.25) is 0 Å². The second-order valence-corrected chi connectivity index (χ2v) is 39.3. The lowest BCUT2D eigenvalue weighted by atomic mass is 9.77. The van der Waals surface area contributed by atoms with Crippen LogP contribution in [0.15, 0.2) is 364 Å². The van der Waals surface area contributed by atoms with Gasteiger partial charge in [0.15, 0.2) is 6.23 Å². The zero-order valence-electron chi connectivity index (χ0n) is 85.6. The summed E-state index contributed by atoms with van der Waals surface area (Å²) in [7, 11) is 16.8. The maximum atomic E-state index is 15.0. The Morgan fingerprint density at radius 1 is 0.265 bits per heavy atom. The fourth-order valence-corrected chi connectivity index (χ4v) is 21.1. The molecule has 1 unspecified atom stereocenters. The van der Waals surface area contributed by atoms with Crippen LogP contribution in [0, 0.1) is 0 Å². The summed E-state index contributed by atoms with van der Waals surface area (Å²) in [5.41, 5.74) is 27.6. The number of hydrogen-bond donors (Lipinski definition) is 1. The number of fused-ring (bicyclic) bond motifs is 13. The van der Waals surface area contributed by atoms with E-state index in [2.05, 4.69) is 296 Å². The van der Waals surface area contributed by atoms with Gasteiger partial charge in [0.2, 0.25) is 0 Å². The normalized spacial score (nSPS) is 13.7. The van der Waals surface area contributed by atoms with Crippen molar-refractivity contribution in [1.29, 1.82) is 0 Å². The second-order valence-electron chi connectivity index (χ2n) is 39.3. The average Bonchev–Trinajstić information content (AvgIpc) is 1.49. The summed E-state index contributed by atoms with van der Waals surface area (Å²) in [5.74, 6) is 7.68. The Hall–Kier alpha value is -16.9. The molecule has 2 aliphatic carbocycles. The number of nitrogens with zero attached hydrogens (tertiary/aromatic N) is 8. The molecule has 18 aromatic rings. The number of aliphatic hydroxyl groups is 1. The van der Waals surface area contributed by atoms with Gasteiger partial charge in [-0.25, -0.2) is 9.36 Å². The smallest absolute Gasteiger partial charge is 0.150 e. The zero-order valence-corrected chi connectivity index (χ0v) is 85.6. The quantitative estimate of drug-likeness (QED) is 0.0515. The maximum absolute atomic E-state index is 15.0.